The molecule has 0 fully saturated rings. The Labute approximate surface area is 122 Å². The highest BCUT2D eigenvalue weighted by atomic mass is 32.1. The summed E-state index contributed by atoms with van der Waals surface area (Å²) in [5, 5.41) is 10.4. The van der Waals surface area contributed by atoms with Gasteiger partial charge in [-0.15, -0.1) is 0 Å². The number of thiocarbonyl (C=S) groups is 1. The van der Waals surface area contributed by atoms with E-state index in [1.54, 1.807) is 4.57 Å². The number of aliphatic hydroxyl groups is 1. The molecule has 0 aliphatic carbocycles. The normalized spacial score (nSPS) is 10.8. The van der Waals surface area contributed by atoms with Crippen LogP contribution < -0.4 is 5.73 Å². The van der Waals surface area contributed by atoms with E-state index in [0.717, 1.165) is 27.6 Å². The van der Waals surface area contributed by atoms with E-state index in [0.29, 0.717) is 4.99 Å². The Bertz CT molecular complexity index is 792. The number of hydrogen-bond donors (Lipinski definition) is 2. The molecule has 4 heteroatoms. The van der Waals surface area contributed by atoms with Crippen molar-refractivity contribution in [1.29, 1.82) is 0 Å². The second-order valence-electron chi connectivity index (χ2n) is 4.61. The predicted octanol–water partition coefficient (Wildman–Crippen LogP) is 2.89. The summed E-state index contributed by atoms with van der Waals surface area (Å²) in [5.74, 6) is 0. The van der Waals surface area contributed by atoms with E-state index >= 15 is 0 Å². The van der Waals surface area contributed by atoms with Gasteiger partial charge in [-0.1, -0.05) is 42.5 Å². The SMILES string of the molecule is NC(=S)c1cccc(-c2cccc3c2ccn3CO)c1. The third kappa shape index (κ3) is 2.09. The number of nitrogens with two attached hydrogens (primary N) is 1. The molecule has 1 heterocycles. The molecule has 0 unspecified atom stereocenters. The molecular formula is C16H14N2OS. The van der Waals surface area contributed by atoms with Crippen LogP contribution >= 0.6 is 12.2 Å². The molecule has 0 aliphatic rings. The van der Waals surface area contributed by atoms with Gasteiger partial charge >= 0.3 is 0 Å². The molecule has 0 aliphatic heterocycles. The maximum Gasteiger partial charge on any atom is 0.119 e. The minimum absolute atomic E-state index is 0.0279. The number of nitrogens with zero attached hydrogens (tertiary/aromatic N) is 1. The van der Waals surface area contributed by atoms with Gasteiger partial charge in [-0.05, 0) is 29.3 Å². The van der Waals surface area contributed by atoms with Gasteiger partial charge in [0.2, 0.25) is 0 Å². The molecular weight excluding hydrogens is 268 g/mol. The van der Waals surface area contributed by atoms with Gasteiger partial charge in [0.1, 0.15) is 11.7 Å². The van der Waals surface area contributed by atoms with Crippen LogP contribution in [0.4, 0.5) is 0 Å². The van der Waals surface area contributed by atoms with Crippen molar-refractivity contribution in [2.24, 2.45) is 5.73 Å². The number of aromatic nitrogens is 1. The molecule has 0 bridgehead atoms. The fraction of sp³-hybridized carbons (Fsp3) is 0.0625. The lowest BCUT2D eigenvalue weighted by Crippen LogP contribution is -2.08. The molecule has 0 amide bonds. The second-order valence-corrected chi connectivity index (χ2v) is 5.05. The first-order valence-corrected chi connectivity index (χ1v) is 6.70. The third-order valence-corrected chi connectivity index (χ3v) is 3.66. The van der Waals surface area contributed by atoms with E-state index in [9.17, 15) is 5.11 Å². The zero-order valence-corrected chi connectivity index (χ0v) is 11.6. The fourth-order valence-corrected chi connectivity index (χ4v) is 2.57. The Morgan fingerprint density at radius 3 is 2.70 bits per heavy atom. The van der Waals surface area contributed by atoms with E-state index < -0.39 is 0 Å². The topological polar surface area (TPSA) is 51.2 Å². The monoisotopic (exact) mass is 282 g/mol. The molecule has 0 radical (unpaired) electrons. The van der Waals surface area contributed by atoms with Gasteiger partial charge in [-0.2, -0.15) is 0 Å². The number of benzene rings is 2. The van der Waals surface area contributed by atoms with Crippen LogP contribution in [-0.4, -0.2) is 14.7 Å². The summed E-state index contributed by atoms with van der Waals surface area (Å²) in [7, 11) is 0. The van der Waals surface area contributed by atoms with Crippen LogP contribution in [0.2, 0.25) is 0 Å². The van der Waals surface area contributed by atoms with Crippen molar-refractivity contribution >= 4 is 28.1 Å². The molecule has 3 nitrogen and oxygen atoms in total. The Kier molecular flexibility index (Phi) is 3.26. The average Bonchev–Trinajstić information content (AvgIpc) is 2.90. The maximum atomic E-state index is 9.33. The highest BCUT2D eigenvalue weighted by Crippen LogP contribution is 2.29. The molecule has 2 aromatic carbocycles. The van der Waals surface area contributed by atoms with Crippen molar-refractivity contribution in [2.75, 3.05) is 0 Å². The zero-order chi connectivity index (χ0) is 14.1. The Balaban J connectivity index is 2.22. The third-order valence-electron chi connectivity index (χ3n) is 3.42. The summed E-state index contributed by atoms with van der Waals surface area (Å²) >= 11 is 5.03. The average molecular weight is 282 g/mol. The predicted molar refractivity (Wildman–Crippen MR) is 85.5 cm³/mol. The molecule has 3 N–H and O–H groups in total. The summed E-state index contributed by atoms with van der Waals surface area (Å²) < 4.78 is 1.80. The zero-order valence-electron chi connectivity index (χ0n) is 10.8. The smallest absolute Gasteiger partial charge is 0.119 e. The summed E-state index contributed by atoms with van der Waals surface area (Å²) in [6.07, 6.45) is 1.88. The molecule has 0 saturated heterocycles. The largest absolute Gasteiger partial charge is 0.389 e. The number of aliphatic hydroxyl groups excluding tert-OH is 1. The number of fused-ring (bicyclic) bond motifs is 1. The van der Waals surface area contributed by atoms with Crippen LogP contribution in [0.25, 0.3) is 22.0 Å². The molecule has 3 aromatic rings. The van der Waals surface area contributed by atoms with Crippen molar-refractivity contribution in [3.8, 4) is 11.1 Å². The van der Waals surface area contributed by atoms with Crippen LogP contribution in [-0.2, 0) is 6.73 Å². The van der Waals surface area contributed by atoms with Crippen LogP contribution in [0.5, 0.6) is 0 Å². The van der Waals surface area contributed by atoms with Gasteiger partial charge in [-0.3, -0.25) is 0 Å². The summed E-state index contributed by atoms with van der Waals surface area (Å²) in [6, 6.07) is 15.9. The van der Waals surface area contributed by atoms with E-state index in [4.69, 9.17) is 18.0 Å². The van der Waals surface area contributed by atoms with E-state index in [2.05, 4.69) is 6.07 Å². The Morgan fingerprint density at radius 2 is 1.95 bits per heavy atom. The van der Waals surface area contributed by atoms with Gasteiger partial charge in [0.25, 0.3) is 0 Å². The number of hydrogen-bond acceptors (Lipinski definition) is 2. The van der Waals surface area contributed by atoms with Crippen molar-refractivity contribution in [1.82, 2.24) is 4.57 Å². The Hall–Kier alpha value is -2.17. The molecule has 0 spiro atoms. The van der Waals surface area contributed by atoms with E-state index in [1.807, 2.05) is 48.7 Å². The Morgan fingerprint density at radius 1 is 1.15 bits per heavy atom. The summed E-state index contributed by atoms with van der Waals surface area (Å²) in [6.45, 7) is -0.0279. The van der Waals surface area contributed by atoms with Crippen molar-refractivity contribution < 1.29 is 5.11 Å². The van der Waals surface area contributed by atoms with Gasteiger partial charge in [0, 0.05) is 17.1 Å². The first kappa shape index (κ1) is 12.8. The van der Waals surface area contributed by atoms with Crippen LogP contribution in [0.15, 0.2) is 54.7 Å². The standard InChI is InChI=1S/C16H14N2OS/c17-16(20)12-4-1-3-11(9-12)13-5-2-6-15-14(13)7-8-18(15)10-19/h1-9,19H,10H2,(H2,17,20). The molecule has 20 heavy (non-hydrogen) atoms. The highest BCUT2D eigenvalue weighted by molar-refractivity contribution is 7.80. The van der Waals surface area contributed by atoms with Gasteiger partial charge in [-0.25, -0.2) is 0 Å². The van der Waals surface area contributed by atoms with Crippen molar-refractivity contribution in [2.45, 2.75) is 6.73 Å². The fourth-order valence-electron chi connectivity index (χ4n) is 2.44. The molecule has 3 rings (SSSR count). The molecule has 0 saturated carbocycles. The van der Waals surface area contributed by atoms with E-state index in [-0.39, 0.29) is 6.73 Å². The summed E-state index contributed by atoms with van der Waals surface area (Å²) in [4.78, 5) is 0.395. The lowest BCUT2D eigenvalue weighted by molar-refractivity contribution is 0.215. The minimum Gasteiger partial charge on any atom is -0.389 e. The maximum absolute atomic E-state index is 9.33. The van der Waals surface area contributed by atoms with Crippen molar-refractivity contribution in [3.63, 3.8) is 0 Å². The second kappa shape index (κ2) is 5.07. The highest BCUT2D eigenvalue weighted by Gasteiger charge is 2.08. The minimum atomic E-state index is -0.0279. The molecule has 0 atom stereocenters. The van der Waals surface area contributed by atoms with Gasteiger partial charge < -0.3 is 15.4 Å². The number of rotatable bonds is 3. The van der Waals surface area contributed by atoms with Gasteiger partial charge in [0.15, 0.2) is 0 Å². The van der Waals surface area contributed by atoms with E-state index in [1.165, 1.54) is 0 Å². The van der Waals surface area contributed by atoms with Crippen LogP contribution in [0, 0.1) is 0 Å². The van der Waals surface area contributed by atoms with Crippen molar-refractivity contribution in [3.05, 3.63) is 60.3 Å². The lowest BCUT2D eigenvalue weighted by atomic mass is 10.00. The molecule has 1 aromatic heterocycles. The lowest BCUT2D eigenvalue weighted by Gasteiger charge is -2.07. The molecule has 100 valence electrons. The summed E-state index contributed by atoms with van der Waals surface area (Å²) in [5.41, 5.74) is 9.73. The van der Waals surface area contributed by atoms with Crippen LogP contribution in [0.3, 0.4) is 0 Å². The first-order valence-electron chi connectivity index (χ1n) is 6.29. The van der Waals surface area contributed by atoms with Crippen LogP contribution in [0.1, 0.15) is 5.56 Å². The first-order chi connectivity index (χ1) is 9.70. The quantitative estimate of drug-likeness (QED) is 0.726. The van der Waals surface area contributed by atoms with Gasteiger partial charge in [0.05, 0.1) is 5.52 Å².